The fraction of sp³-hybridized carbons (Fsp3) is 0.650. The van der Waals surface area contributed by atoms with E-state index in [1.807, 2.05) is 0 Å². The van der Waals surface area contributed by atoms with Crippen molar-refractivity contribution in [2.75, 3.05) is 11.9 Å². The molecule has 6 rings (SSSR count). The van der Waals surface area contributed by atoms with Crippen molar-refractivity contribution in [1.82, 2.24) is 5.32 Å². The SMILES string of the molecule is Cl.O=C(Nc1ccc2c(c1)CNCC2)C12CC3CC(CC(C3)C1)C2. The summed E-state index contributed by atoms with van der Waals surface area (Å²) >= 11 is 0. The summed E-state index contributed by atoms with van der Waals surface area (Å²) in [6, 6.07) is 6.48. The molecule has 3 nitrogen and oxygen atoms in total. The molecule has 0 unspecified atom stereocenters. The van der Waals surface area contributed by atoms with Crippen molar-refractivity contribution in [3.8, 4) is 0 Å². The largest absolute Gasteiger partial charge is 0.326 e. The standard InChI is InChI=1S/C20H26N2O.ClH/c23-19(20-9-13-5-14(10-20)7-15(6-13)11-20)22-18-2-1-16-3-4-21-12-17(16)8-18;/h1-2,8,13-15,21H,3-7,9-12H2,(H,22,23);1H. The highest BCUT2D eigenvalue weighted by Gasteiger charge is 2.54. The summed E-state index contributed by atoms with van der Waals surface area (Å²) in [5, 5.41) is 6.70. The van der Waals surface area contributed by atoms with Gasteiger partial charge in [0.1, 0.15) is 0 Å². The Kier molecular flexibility index (Phi) is 4.12. The Balaban J connectivity index is 0.00000146. The summed E-state index contributed by atoms with van der Waals surface area (Å²) in [6.45, 7) is 1.99. The van der Waals surface area contributed by atoms with E-state index < -0.39 is 0 Å². The molecule has 4 heteroatoms. The van der Waals surface area contributed by atoms with Crippen LogP contribution in [0.2, 0.25) is 0 Å². The van der Waals surface area contributed by atoms with Crippen LogP contribution in [0.4, 0.5) is 5.69 Å². The maximum atomic E-state index is 13.1. The Morgan fingerprint density at radius 1 is 1.04 bits per heavy atom. The van der Waals surface area contributed by atoms with Gasteiger partial charge in [0, 0.05) is 12.2 Å². The minimum absolute atomic E-state index is 0. The van der Waals surface area contributed by atoms with E-state index in [4.69, 9.17) is 0 Å². The van der Waals surface area contributed by atoms with Crippen molar-refractivity contribution >= 4 is 24.0 Å². The Hall–Kier alpha value is -1.06. The van der Waals surface area contributed by atoms with Crippen LogP contribution in [-0.4, -0.2) is 12.5 Å². The van der Waals surface area contributed by atoms with Gasteiger partial charge >= 0.3 is 0 Å². The molecule has 1 heterocycles. The van der Waals surface area contributed by atoms with Gasteiger partial charge in [-0.15, -0.1) is 12.4 Å². The molecule has 1 amide bonds. The third-order valence-electron chi connectivity index (χ3n) is 6.87. The quantitative estimate of drug-likeness (QED) is 0.852. The van der Waals surface area contributed by atoms with Crippen LogP contribution in [0, 0.1) is 23.2 Å². The number of rotatable bonds is 2. The molecule has 130 valence electrons. The molecule has 0 atom stereocenters. The first kappa shape index (κ1) is 16.4. The molecule has 1 aliphatic heterocycles. The van der Waals surface area contributed by atoms with Crippen molar-refractivity contribution in [3.05, 3.63) is 29.3 Å². The molecular weight excluding hydrogens is 320 g/mol. The number of fused-ring (bicyclic) bond motifs is 1. The maximum Gasteiger partial charge on any atom is 0.230 e. The summed E-state index contributed by atoms with van der Waals surface area (Å²) in [5.74, 6) is 2.76. The van der Waals surface area contributed by atoms with Gasteiger partial charge in [-0.3, -0.25) is 4.79 Å². The van der Waals surface area contributed by atoms with Gasteiger partial charge in [0.15, 0.2) is 0 Å². The summed E-state index contributed by atoms with van der Waals surface area (Å²) in [7, 11) is 0. The van der Waals surface area contributed by atoms with E-state index in [-0.39, 0.29) is 17.8 Å². The average molecular weight is 347 g/mol. The van der Waals surface area contributed by atoms with Crippen LogP contribution in [0.25, 0.3) is 0 Å². The highest BCUT2D eigenvalue weighted by molar-refractivity contribution is 5.95. The van der Waals surface area contributed by atoms with Crippen LogP contribution in [0.1, 0.15) is 49.7 Å². The average Bonchev–Trinajstić information content (AvgIpc) is 2.53. The number of hydrogen-bond acceptors (Lipinski definition) is 2. The summed E-state index contributed by atoms with van der Waals surface area (Å²) in [4.78, 5) is 13.1. The molecule has 1 aromatic rings. The van der Waals surface area contributed by atoms with E-state index in [2.05, 4.69) is 28.8 Å². The number of carbonyl (C=O) groups excluding carboxylic acids is 1. The number of anilines is 1. The number of carbonyl (C=O) groups is 1. The van der Waals surface area contributed by atoms with Gasteiger partial charge in [-0.25, -0.2) is 0 Å². The zero-order valence-electron chi connectivity index (χ0n) is 14.1. The second-order valence-electron chi connectivity index (χ2n) is 8.56. The van der Waals surface area contributed by atoms with Gasteiger partial charge in [-0.1, -0.05) is 6.07 Å². The summed E-state index contributed by atoms with van der Waals surface area (Å²) in [5.41, 5.74) is 3.72. The second-order valence-corrected chi connectivity index (χ2v) is 8.56. The molecule has 0 radical (unpaired) electrons. The van der Waals surface area contributed by atoms with E-state index >= 15 is 0 Å². The number of amides is 1. The van der Waals surface area contributed by atoms with Crippen molar-refractivity contribution in [3.63, 3.8) is 0 Å². The molecule has 2 N–H and O–H groups in total. The number of halogens is 1. The minimum atomic E-state index is -0.0527. The van der Waals surface area contributed by atoms with E-state index in [1.165, 1.54) is 30.4 Å². The highest BCUT2D eigenvalue weighted by atomic mass is 35.5. The van der Waals surface area contributed by atoms with E-state index in [1.54, 1.807) is 0 Å². The van der Waals surface area contributed by atoms with E-state index in [0.29, 0.717) is 5.91 Å². The second kappa shape index (κ2) is 6.03. The number of hydrogen-bond donors (Lipinski definition) is 2. The van der Waals surface area contributed by atoms with Gasteiger partial charge in [-0.2, -0.15) is 0 Å². The van der Waals surface area contributed by atoms with Gasteiger partial charge in [-0.05, 0) is 92.5 Å². The third-order valence-corrected chi connectivity index (χ3v) is 6.87. The first-order valence-electron chi connectivity index (χ1n) is 9.34. The molecule has 4 bridgehead atoms. The number of nitrogens with one attached hydrogen (secondary N) is 2. The first-order valence-corrected chi connectivity index (χ1v) is 9.34. The molecule has 0 spiro atoms. The Bertz CT molecular complexity index is 622. The van der Waals surface area contributed by atoms with Crippen LogP contribution >= 0.6 is 12.4 Å². The fourth-order valence-electron chi connectivity index (χ4n) is 6.21. The summed E-state index contributed by atoms with van der Waals surface area (Å²) < 4.78 is 0. The lowest BCUT2D eigenvalue weighted by atomic mass is 9.49. The van der Waals surface area contributed by atoms with Crippen LogP contribution < -0.4 is 10.6 Å². The Morgan fingerprint density at radius 2 is 1.71 bits per heavy atom. The van der Waals surface area contributed by atoms with Crippen LogP contribution in [0.3, 0.4) is 0 Å². The Morgan fingerprint density at radius 3 is 2.38 bits per heavy atom. The van der Waals surface area contributed by atoms with Crippen molar-refractivity contribution < 1.29 is 4.79 Å². The molecule has 5 aliphatic rings. The lowest BCUT2D eigenvalue weighted by Crippen LogP contribution is -2.51. The molecule has 1 aromatic carbocycles. The molecule has 4 fully saturated rings. The van der Waals surface area contributed by atoms with Crippen LogP contribution in [0.15, 0.2) is 18.2 Å². The predicted octanol–water partition coefficient (Wildman–Crippen LogP) is 3.91. The first-order chi connectivity index (χ1) is 11.2. The lowest BCUT2D eigenvalue weighted by molar-refractivity contribution is -0.140. The molecule has 4 aliphatic carbocycles. The maximum absolute atomic E-state index is 13.1. The molecular formula is C20H27ClN2O. The Labute approximate surface area is 150 Å². The smallest absolute Gasteiger partial charge is 0.230 e. The number of benzene rings is 1. The highest BCUT2D eigenvalue weighted by Crippen LogP contribution is 2.60. The molecule has 4 saturated carbocycles. The third kappa shape index (κ3) is 2.66. The van der Waals surface area contributed by atoms with Gasteiger partial charge in [0.25, 0.3) is 0 Å². The van der Waals surface area contributed by atoms with Crippen LogP contribution in [-0.2, 0) is 17.8 Å². The van der Waals surface area contributed by atoms with E-state index in [0.717, 1.165) is 62.2 Å². The summed E-state index contributed by atoms with van der Waals surface area (Å²) in [6.07, 6.45) is 8.66. The normalized spacial score (nSPS) is 35.9. The topological polar surface area (TPSA) is 41.1 Å². The van der Waals surface area contributed by atoms with Crippen molar-refractivity contribution in [2.45, 2.75) is 51.5 Å². The zero-order chi connectivity index (χ0) is 15.4. The predicted molar refractivity (Wildman–Crippen MR) is 98.3 cm³/mol. The van der Waals surface area contributed by atoms with E-state index in [9.17, 15) is 4.79 Å². The van der Waals surface area contributed by atoms with Crippen LogP contribution in [0.5, 0.6) is 0 Å². The minimum Gasteiger partial charge on any atom is -0.326 e. The van der Waals surface area contributed by atoms with Gasteiger partial charge in [0.2, 0.25) is 5.91 Å². The fourth-order valence-corrected chi connectivity index (χ4v) is 6.21. The zero-order valence-corrected chi connectivity index (χ0v) is 15.0. The molecule has 0 aromatic heterocycles. The van der Waals surface area contributed by atoms with Crippen molar-refractivity contribution in [1.29, 1.82) is 0 Å². The molecule has 24 heavy (non-hydrogen) atoms. The molecule has 0 saturated heterocycles. The van der Waals surface area contributed by atoms with Gasteiger partial charge in [0.05, 0.1) is 5.41 Å². The van der Waals surface area contributed by atoms with Crippen molar-refractivity contribution in [2.24, 2.45) is 23.2 Å². The van der Waals surface area contributed by atoms with Gasteiger partial charge < -0.3 is 10.6 Å². The monoisotopic (exact) mass is 346 g/mol. The lowest BCUT2D eigenvalue weighted by Gasteiger charge is -2.55.